The van der Waals surface area contributed by atoms with Gasteiger partial charge in [0.05, 0.1) is 12.0 Å². The van der Waals surface area contributed by atoms with E-state index in [4.69, 9.17) is 20.3 Å². The summed E-state index contributed by atoms with van der Waals surface area (Å²) in [6.45, 7) is 8.53. The number of carboxylic acid groups (broad SMARTS) is 1. The summed E-state index contributed by atoms with van der Waals surface area (Å²) in [4.78, 5) is 19.1. The molecule has 0 atom stereocenters. The Bertz CT molecular complexity index is 283. The summed E-state index contributed by atoms with van der Waals surface area (Å²) >= 11 is 0. The van der Waals surface area contributed by atoms with Crippen LogP contribution < -0.4 is 34.7 Å². The molecule has 1 N–H and O–H groups in total. The summed E-state index contributed by atoms with van der Waals surface area (Å²) < 4.78 is 3.99. The molecule has 0 aromatic heterocycles. The van der Waals surface area contributed by atoms with E-state index >= 15 is 0 Å². The number of esters is 1. The van der Waals surface area contributed by atoms with Crippen LogP contribution in [-0.4, -0.2) is 23.8 Å². The SMILES string of the molecule is C=CC#N.C=CC(=O)OCO.C=CC(=O)[O-].[Na+]. The summed E-state index contributed by atoms with van der Waals surface area (Å²) in [5.74, 6) is -1.84. The summed E-state index contributed by atoms with van der Waals surface area (Å²) in [5, 5.41) is 24.5. The van der Waals surface area contributed by atoms with Gasteiger partial charge in [-0.15, -0.1) is 0 Å². The topological polar surface area (TPSA) is 110 Å². The Balaban J connectivity index is -0.0000000757. The zero-order valence-corrected chi connectivity index (χ0v) is 11.6. The van der Waals surface area contributed by atoms with Gasteiger partial charge in [-0.25, -0.2) is 4.79 Å². The van der Waals surface area contributed by atoms with Crippen molar-refractivity contribution in [3.05, 3.63) is 38.0 Å². The molecule has 0 amide bonds. The van der Waals surface area contributed by atoms with Crippen molar-refractivity contribution >= 4 is 11.9 Å². The average molecular weight is 249 g/mol. The molecule has 0 saturated carbocycles. The Kier molecular flexibility index (Phi) is 35.0. The minimum atomic E-state index is -1.23. The maximum absolute atomic E-state index is 9.91. The number of carbonyl (C=O) groups excluding carboxylic acids is 2. The van der Waals surface area contributed by atoms with Gasteiger partial charge in [0.1, 0.15) is 0 Å². The van der Waals surface area contributed by atoms with Crippen molar-refractivity contribution in [2.45, 2.75) is 0 Å². The van der Waals surface area contributed by atoms with Gasteiger partial charge in [0.2, 0.25) is 0 Å². The van der Waals surface area contributed by atoms with Crippen LogP contribution in [0.3, 0.4) is 0 Å². The quantitative estimate of drug-likeness (QED) is 0.181. The molecule has 0 rings (SSSR count). The van der Waals surface area contributed by atoms with Crippen LogP contribution in [0.4, 0.5) is 0 Å². The van der Waals surface area contributed by atoms with Gasteiger partial charge in [-0.3, -0.25) is 0 Å². The molecule has 0 bridgehead atoms. The fourth-order valence-corrected chi connectivity index (χ4v) is 0.123. The van der Waals surface area contributed by atoms with Crippen LogP contribution in [0, 0.1) is 11.3 Å². The maximum atomic E-state index is 9.91. The zero-order valence-electron chi connectivity index (χ0n) is 9.59. The Morgan fingerprint density at radius 3 is 1.76 bits per heavy atom. The van der Waals surface area contributed by atoms with Crippen molar-refractivity contribution in [2.24, 2.45) is 0 Å². The number of hydrogen-bond acceptors (Lipinski definition) is 6. The number of rotatable bonds is 3. The number of aliphatic carboxylic acids is 1. The summed E-state index contributed by atoms with van der Waals surface area (Å²) in [7, 11) is 0. The van der Waals surface area contributed by atoms with E-state index in [1.807, 2.05) is 0 Å². The van der Waals surface area contributed by atoms with E-state index in [1.54, 1.807) is 6.07 Å². The van der Waals surface area contributed by atoms with Gasteiger partial charge in [-0.2, -0.15) is 5.26 Å². The molecule has 0 aromatic rings. The molecule has 0 aliphatic carbocycles. The third-order valence-electron chi connectivity index (χ3n) is 0.631. The van der Waals surface area contributed by atoms with E-state index in [0.29, 0.717) is 0 Å². The predicted octanol–water partition coefficient (Wildman–Crippen LogP) is -3.71. The summed E-state index contributed by atoms with van der Waals surface area (Å²) in [6, 6.07) is 1.69. The van der Waals surface area contributed by atoms with Crippen molar-refractivity contribution < 1.29 is 54.1 Å². The second-order valence-electron chi connectivity index (χ2n) is 1.65. The van der Waals surface area contributed by atoms with Crippen molar-refractivity contribution in [3.63, 3.8) is 0 Å². The molecule has 0 radical (unpaired) electrons. The number of nitriles is 1. The number of carboxylic acids is 1. The van der Waals surface area contributed by atoms with E-state index in [1.165, 1.54) is 6.08 Å². The van der Waals surface area contributed by atoms with Gasteiger partial charge in [-0.1, -0.05) is 19.7 Å². The molecule has 0 aromatic carbocycles. The van der Waals surface area contributed by atoms with Crippen LogP contribution in [0.1, 0.15) is 0 Å². The molecular weight excluding hydrogens is 237 g/mol. The molecule has 0 aliphatic heterocycles. The van der Waals surface area contributed by atoms with Crippen LogP contribution in [0.2, 0.25) is 0 Å². The van der Waals surface area contributed by atoms with Crippen molar-refractivity contribution in [3.8, 4) is 6.07 Å². The number of ether oxygens (including phenoxy) is 1. The molecule has 6 nitrogen and oxygen atoms in total. The summed E-state index contributed by atoms with van der Waals surface area (Å²) in [6.07, 6.45) is 2.89. The third kappa shape index (κ3) is 53.2. The minimum Gasteiger partial charge on any atom is -0.545 e. The monoisotopic (exact) mass is 249 g/mol. The zero-order chi connectivity index (χ0) is 13.4. The van der Waals surface area contributed by atoms with Gasteiger partial charge in [0, 0.05) is 12.2 Å². The van der Waals surface area contributed by atoms with Gasteiger partial charge in [0.25, 0.3) is 0 Å². The Labute approximate surface area is 122 Å². The first kappa shape index (κ1) is 24.7. The van der Waals surface area contributed by atoms with Gasteiger partial charge in [-0.05, 0) is 6.08 Å². The second-order valence-corrected chi connectivity index (χ2v) is 1.65. The van der Waals surface area contributed by atoms with E-state index in [-0.39, 0.29) is 29.6 Å². The Morgan fingerprint density at radius 1 is 1.35 bits per heavy atom. The molecule has 0 aliphatic rings. The molecule has 0 fully saturated rings. The second kappa shape index (κ2) is 24.0. The third-order valence-corrected chi connectivity index (χ3v) is 0.631. The van der Waals surface area contributed by atoms with Crippen molar-refractivity contribution in [1.82, 2.24) is 0 Å². The largest absolute Gasteiger partial charge is 1.00 e. The maximum Gasteiger partial charge on any atom is 1.00 e. The van der Waals surface area contributed by atoms with Crippen LogP contribution in [0.25, 0.3) is 0 Å². The van der Waals surface area contributed by atoms with Crippen LogP contribution in [-0.2, 0) is 14.3 Å². The Hall–Kier alpha value is -1.39. The fraction of sp³-hybridized carbons (Fsp3) is 0.100. The number of hydrogen-bond donors (Lipinski definition) is 1. The van der Waals surface area contributed by atoms with Gasteiger partial charge < -0.3 is 19.7 Å². The predicted molar refractivity (Wildman–Crippen MR) is 54.4 cm³/mol. The molecule has 0 spiro atoms. The molecule has 0 heterocycles. The van der Waals surface area contributed by atoms with E-state index in [9.17, 15) is 4.79 Å². The van der Waals surface area contributed by atoms with E-state index in [2.05, 4.69) is 24.5 Å². The number of carbonyl (C=O) groups is 2. The molecule has 0 saturated heterocycles. The Morgan fingerprint density at radius 2 is 1.71 bits per heavy atom. The summed E-state index contributed by atoms with van der Waals surface area (Å²) in [5.41, 5.74) is 0. The van der Waals surface area contributed by atoms with Gasteiger partial charge >= 0.3 is 35.5 Å². The average Bonchev–Trinajstić information content (AvgIpc) is 2.30. The number of aliphatic hydroxyl groups excluding tert-OH is 1. The molecular formula is C10H12NNaO5. The van der Waals surface area contributed by atoms with E-state index < -0.39 is 18.7 Å². The van der Waals surface area contributed by atoms with Crippen LogP contribution in [0.5, 0.6) is 0 Å². The van der Waals surface area contributed by atoms with Crippen LogP contribution in [0.15, 0.2) is 38.0 Å². The first-order chi connectivity index (χ1) is 7.49. The van der Waals surface area contributed by atoms with E-state index in [0.717, 1.165) is 12.2 Å². The number of nitrogens with zero attached hydrogens (tertiary/aromatic N) is 1. The first-order valence-corrected chi connectivity index (χ1v) is 3.74. The standard InChI is InChI=1S/C4H6O3.C3H3N.C3H4O2.Na/c1-2-4(6)7-3-5;1-2-3-4;1-2-3(4)5;/h2,5H,1,3H2;2H,1H2;2H,1H2,(H,4,5);/q;;;+1/p-1. The van der Waals surface area contributed by atoms with Crippen LogP contribution >= 0.6 is 0 Å². The fourth-order valence-electron chi connectivity index (χ4n) is 0.123. The number of aliphatic hydroxyl groups is 1. The normalized spacial score (nSPS) is 5.88. The molecule has 0 unspecified atom stereocenters. The van der Waals surface area contributed by atoms with Crippen molar-refractivity contribution in [1.29, 1.82) is 5.26 Å². The van der Waals surface area contributed by atoms with Crippen molar-refractivity contribution in [2.75, 3.05) is 6.79 Å². The smallest absolute Gasteiger partial charge is 0.545 e. The minimum absolute atomic E-state index is 0. The first-order valence-electron chi connectivity index (χ1n) is 3.74. The molecule has 17 heavy (non-hydrogen) atoms. The molecule has 88 valence electrons. The number of allylic oxidation sites excluding steroid dienone is 1. The molecule has 7 heteroatoms. The van der Waals surface area contributed by atoms with Gasteiger partial charge in [0.15, 0.2) is 6.79 Å².